The fourth-order valence-corrected chi connectivity index (χ4v) is 3.16. The van der Waals surface area contributed by atoms with E-state index in [0.717, 1.165) is 22.4 Å². The maximum Gasteiger partial charge on any atom is 0.264 e. The van der Waals surface area contributed by atoms with Gasteiger partial charge in [-0.25, -0.2) is 4.98 Å². The molecule has 0 fully saturated rings. The third-order valence-corrected chi connectivity index (χ3v) is 4.47. The Morgan fingerprint density at radius 1 is 1.17 bits per heavy atom. The normalized spacial score (nSPS) is 10.6. The van der Waals surface area contributed by atoms with Crippen LogP contribution in [-0.4, -0.2) is 24.6 Å². The molecular weight excluding hydrogens is 324 g/mol. The molecule has 24 heavy (non-hydrogen) atoms. The van der Waals surface area contributed by atoms with E-state index >= 15 is 0 Å². The molecule has 1 heterocycles. The van der Waals surface area contributed by atoms with Crippen molar-refractivity contribution in [2.75, 3.05) is 19.0 Å². The number of aromatic nitrogens is 1. The number of nitrogens with one attached hydrogen (secondary N) is 1. The van der Waals surface area contributed by atoms with Gasteiger partial charge in [0.15, 0.2) is 11.7 Å². The number of thiazole rings is 1. The van der Waals surface area contributed by atoms with E-state index in [1.165, 1.54) is 16.9 Å². The first-order chi connectivity index (χ1) is 11.7. The zero-order chi connectivity index (χ0) is 16.9. The average molecular weight is 342 g/mol. The minimum Gasteiger partial charge on any atom is -0.497 e. The third kappa shape index (κ3) is 3.83. The van der Waals surface area contributed by atoms with E-state index < -0.39 is 0 Å². The van der Waals surface area contributed by atoms with E-state index in [1.807, 2.05) is 6.07 Å². The van der Waals surface area contributed by atoms with Crippen molar-refractivity contribution in [1.29, 1.82) is 0 Å². The van der Waals surface area contributed by atoms with Crippen molar-refractivity contribution in [3.05, 3.63) is 48.0 Å². The number of aryl methyl sites for hydroxylation is 1. The van der Waals surface area contributed by atoms with Crippen LogP contribution in [0.3, 0.4) is 0 Å². The highest BCUT2D eigenvalue weighted by Crippen LogP contribution is 2.27. The lowest BCUT2D eigenvalue weighted by molar-refractivity contribution is -0.118. The number of hydrogen-bond donors (Lipinski definition) is 1. The molecule has 0 bridgehead atoms. The quantitative estimate of drug-likeness (QED) is 0.738. The molecule has 0 aliphatic heterocycles. The Morgan fingerprint density at radius 2 is 1.92 bits per heavy atom. The van der Waals surface area contributed by atoms with Gasteiger partial charge in [0.2, 0.25) is 0 Å². The summed E-state index contributed by atoms with van der Waals surface area (Å²) in [5.41, 5.74) is 2.15. The molecule has 1 N–H and O–H groups in total. The van der Waals surface area contributed by atoms with E-state index in [2.05, 4.69) is 29.4 Å². The van der Waals surface area contributed by atoms with Gasteiger partial charge in [-0.15, -0.1) is 0 Å². The Labute approximate surface area is 144 Å². The number of benzene rings is 2. The molecule has 0 unspecified atom stereocenters. The van der Waals surface area contributed by atoms with E-state index in [9.17, 15) is 4.79 Å². The number of fused-ring (bicyclic) bond motifs is 1. The van der Waals surface area contributed by atoms with E-state index in [1.54, 1.807) is 31.4 Å². The van der Waals surface area contributed by atoms with Gasteiger partial charge in [-0.3, -0.25) is 10.1 Å². The SMILES string of the molecule is CCc1ccc2nc(NC(=O)COc3ccc(OC)cc3)sc2c1. The smallest absolute Gasteiger partial charge is 0.264 e. The fourth-order valence-electron chi connectivity index (χ4n) is 2.22. The van der Waals surface area contributed by atoms with Crippen LogP contribution in [0.25, 0.3) is 10.2 Å². The number of ether oxygens (including phenoxy) is 2. The molecule has 3 aromatic rings. The number of amides is 1. The summed E-state index contributed by atoms with van der Waals surface area (Å²) >= 11 is 1.47. The molecule has 0 atom stereocenters. The van der Waals surface area contributed by atoms with Crippen molar-refractivity contribution in [3.8, 4) is 11.5 Å². The van der Waals surface area contributed by atoms with Gasteiger partial charge in [-0.05, 0) is 48.4 Å². The average Bonchev–Trinajstić information content (AvgIpc) is 3.01. The van der Waals surface area contributed by atoms with Gasteiger partial charge in [0, 0.05) is 0 Å². The molecule has 0 aliphatic carbocycles. The van der Waals surface area contributed by atoms with Crippen LogP contribution in [0.4, 0.5) is 5.13 Å². The molecular formula is C18H18N2O3S. The first kappa shape index (κ1) is 16.3. The standard InChI is InChI=1S/C18H18N2O3S/c1-3-12-4-9-15-16(10-12)24-18(19-15)20-17(21)11-23-14-7-5-13(22-2)6-8-14/h4-10H,3,11H2,1-2H3,(H,19,20,21). The lowest BCUT2D eigenvalue weighted by atomic mass is 10.2. The maximum atomic E-state index is 12.0. The van der Waals surface area contributed by atoms with Gasteiger partial charge in [0.25, 0.3) is 5.91 Å². The zero-order valence-electron chi connectivity index (χ0n) is 13.5. The van der Waals surface area contributed by atoms with Crippen molar-refractivity contribution >= 4 is 32.6 Å². The second kappa shape index (κ2) is 7.31. The summed E-state index contributed by atoms with van der Waals surface area (Å²) < 4.78 is 11.6. The molecule has 0 radical (unpaired) electrons. The molecule has 2 aromatic carbocycles. The van der Waals surface area contributed by atoms with Gasteiger partial charge in [0.1, 0.15) is 11.5 Å². The van der Waals surface area contributed by atoms with Crippen LogP contribution in [0.15, 0.2) is 42.5 Å². The van der Waals surface area contributed by atoms with Gasteiger partial charge in [-0.1, -0.05) is 24.3 Å². The van der Waals surface area contributed by atoms with Crippen LogP contribution >= 0.6 is 11.3 Å². The van der Waals surface area contributed by atoms with E-state index in [0.29, 0.717) is 10.9 Å². The van der Waals surface area contributed by atoms with Crippen LogP contribution in [0.1, 0.15) is 12.5 Å². The number of nitrogens with zero attached hydrogens (tertiary/aromatic N) is 1. The van der Waals surface area contributed by atoms with Gasteiger partial charge in [0.05, 0.1) is 17.3 Å². The molecule has 5 nitrogen and oxygen atoms in total. The minimum atomic E-state index is -0.236. The summed E-state index contributed by atoms with van der Waals surface area (Å²) in [5, 5.41) is 3.37. The predicted molar refractivity (Wildman–Crippen MR) is 96.1 cm³/mol. The summed E-state index contributed by atoms with van der Waals surface area (Å²) in [7, 11) is 1.60. The van der Waals surface area contributed by atoms with E-state index in [-0.39, 0.29) is 12.5 Å². The van der Waals surface area contributed by atoms with Crippen LogP contribution in [0.5, 0.6) is 11.5 Å². The Hall–Kier alpha value is -2.60. The number of rotatable bonds is 6. The molecule has 124 valence electrons. The number of hydrogen-bond acceptors (Lipinski definition) is 5. The van der Waals surface area contributed by atoms with Crippen molar-refractivity contribution in [3.63, 3.8) is 0 Å². The summed E-state index contributed by atoms with van der Waals surface area (Å²) in [4.78, 5) is 16.4. The number of anilines is 1. The number of carbonyl (C=O) groups is 1. The predicted octanol–water partition coefficient (Wildman–Crippen LogP) is 3.88. The topological polar surface area (TPSA) is 60.5 Å². The van der Waals surface area contributed by atoms with Gasteiger partial charge in [-0.2, -0.15) is 0 Å². The fraction of sp³-hybridized carbons (Fsp3) is 0.222. The molecule has 1 amide bonds. The highest BCUT2D eigenvalue weighted by molar-refractivity contribution is 7.22. The molecule has 0 aliphatic rings. The van der Waals surface area contributed by atoms with Crippen molar-refractivity contribution < 1.29 is 14.3 Å². The largest absolute Gasteiger partial charge is 0.497 e. The zero-order valence-corrected chi connectivity index (χ0v) is 14.4. The highest BCUT2D eigenvalue weighted by atomic mass is 32.1. The summed E-state index contributed by atoms with van der Waals surface area (Å²) in [6.45, 7) is 2.05. The highest BCUT2D eigenvalue weighted by Gasteiger charge is 2.09. The van der Waals surface area contributed by atoms with Crippen LogP contribution in [0, 0.1) is 0 Å². The van der Waals surface area contributed by atoms with Crippen LogP contribution < -0.4 is 14.8 Å². The number of methoxy groups -OCH3 is 1. The molecule has 0 spiro atoms. The second-order valence-corrected chi connectivity index (χ2v) is 6.22. The second-order valence-electron chi connectivity index (χ2n) is 5.19. The Kier molecular flexibility index (Phi) is 4.96. The summed E-state index contributed by atoms with van der Waals surface area (Å²) in [6.07, 6.45) is 0.977. The number of carbonyl (C=O) groups excluding carboxylic acids is 1. The van der Waals surface area contributed by atoms with E-state index in [4.69, 9.17) is 9.47 Å². The van der Waals surface area contributed by atoms with Crippen LogP contribution in [0.2, 0.25) is 0 Å². The Morgan fingerprint density at radius 3 is 2.62 bits per heavy atom. The van der Waals surface area contributed by atoms with Gasteiger partial charge >= 0.3 is 0 Å². The van der Waals surface area contributed by atoms with Gasteiger partial charge < -0.3 is 9.47 Å². The maximum absolute atomic E-state index is 12.0. The lowest BCUT2D eigenvalue weighted by Crippen LogP contribution is -2.19. The lowest BCUT2D eigenvalue weighted by Gasteiger charge is -2.06. The molecule has 0 saturated carbocycles. The third-order valence-electron chi connectivity index (χ3n) is 3.54. The minimum absolute atomic E-state index is 0.0670. The molecule has 3 rings (SSSR count). The Balaban J connectivity index is 1.59. The van der Waals surface area contributed by atoms with Crippen molar-refractivity contribution in [2.24, 2.45) is 0 Å². The summed E-state index contributed by atoms with van der Waals surface area (Å²) in [5.74, 6) is 1.12. The van der Waals surface area contributed by atoms with Crippen LogP contribution in [-0.2, 0) is 11.2 Å². The van der Waals surface area contributed by atoms with Crippen molar-refractivity contribution in [1.82, 2.24) is 4.98 Å². The first-order valence-corrected chi connectivity index (χ1v) is 8.45. The molecule has 1 aromatic heterocycles. The van der Waals surface area contributed by atoms with Crippen molar-refractivity contribution in [2.45, 2.75) is 13.3 Å². The summed E-state index contributed by atoms with van der Waals surface area (Å²) in [6, 6.07) is 13.2. The molecule has 6 heteroatoms. The Bertz CT molecular complexity index is 843. The monoisotopic (exact) mass is 342 g/mol. The molecule has 0 saturated heterocycles. The first-order valence-electron chi connectivity index (χ1n) is 7.64.